The molecule has 9 heteroatoms. The summed E-state index contributed by atoms with van der Waals surface area (Å²) >= 11 is 0. The van der Waals surface area contributed by atoms with Crippen LogP contribution in [0.1, 0.15) is 187 Å². The van der Waals surface area contributed by atoms with Crippen LogP contribution >= 0.6 is 0 Å². The van der Waals surface area contributed by atoms with E-state index >= 15 is 0 Å². The van der Waals surface area contributed by atoms with Gasteiger partial charge in [-0.15, -0.1) is 0 Å². The van der Waals surface area contributed by atoms with Crippen molar-refractivity contribution in [3.63, 3.8) is 0 Å². The highest BCUT2D eigenvalue weighted by molar-refractivity contribution is 5.87. The Kier molecular flexibility index (Phi) is 40.1. The van der Waals surface area contributed by atoms with E-state index in [1.54, 1.807) is 0 Å². The van der Waals surface area contributed by atoms with Gasteiger partial charge in [-0.25, -0.2) is 4.79 Å². The fourth-order valence-electron chi connectivity index (χ4n) is 6.25. The van der Waals surface area contributed by atoms with Gasteiger partial charge in [0, 0.05) is 12.8 Å². The first-order valence-electron chi connectivity index (χ1n) is 22.8. The van der Waals surface area contributed by atoms with Crippen LogP contribution in [0.2, 0.25) is 0 Å². The van der Waals surface area contributed by atoms with E-state index in [4.69, 9.17) is 14.9 Å². The molecule has 0 aliphatic carbocycles. The largest absolute Gasteiger partial charge is 0.480 e. The summed E-state index contributed by atoms with van der Waals surface area (Å²) < 4.78 is 6.00. The lowest BCUT2D eigenvalue weighted by atomic mass is 10.0. The van der Waals surface area contributed by atoms with Gasteiger partial charge in [-0.05, 0) is 89.9 Å². The standard InChI is InChI=1S/C49H82N2O7/c1-3-5-7-9-11-12-13-14-15-16-17-18-19-20-21-22-23-24-25-26-28-33-37-41-48(55)58-44(38-34-30-27-10-8-6-4-2)39-35-31-29-32-36-40-46(53)50-42-47(54)51-45(43-52)49(56)57/h5,7,11-12,14-15,17-18,20-21,23-24,44-45,52H,3-4,6,8-10,13,16,19,22,25-43H2,1-2H3,(H,50,53)(H,51,54)(H,56,57)/b7-5-,12-11-,15-14-,18-17-,21-20-,24-23-. The first-order valence-corrected chi connectivity index (χ1v) is 22.8. The molecule has 2 amide bonds. The van der Waals surface area contributed by atoms with Crippen molar-refractivity contribution in [3.8, 4) is 0 Å². The number of rotatable bonds is 40. The Bertz CT molecular complexity index is 1200. The minimum atomic E-state index is -1.39. The topological polar surface area (TPSA) is 142 Å². The van der Waals surface area contributed by atoms with Crippen LogP contribution in [-0.2, 0) is 23.9 Å². The minimum absolute atomic E-state index is 0.0280. The molecule has 0 bridgehead atoms. The van der Waals surface area contributed by atoms with Gasteiger partial charge in [-0.1, -0.05) is 157 Å². The summed E-state index contributed by atoms with van der Waals surface area (Å²) in [5.41, 5.74) is 0. The molecule has 0 aliphatic rings. The van der Waals surface area contributed by atoms with Crippen molar-refractivity contribution in [2.75, 3.05) is 13.2 Å². The van der Waals surface area contributed by atoms with E-state index in [9.17, 15) is 19.2 Å². The lowest BCUT2D eigenvalue weighted by Gasteiger charge is -2.18. The molecule has 0 aromatic rings. The molecule has 2 unspecified atom stereocenters. The summed E-state index contributed by atoms with van der Waals surface area (Å²) in [6, 6.07) is -1.39. The van der Waals surface area contributed by atoms with Crippen molar-refractivity contribution in [1.82, 2.24) is 10.6 Å². The van der Waals surface area contributed by atoms with Gasteiger partial charge < -0.3 is 25.6 Å². The average molecular weight is 811 g/mol. The zero-order valence-electron chi connectivity index (χ0n) is 36.5. The molecule has 0 aromatic carbocycles. The van der Waals surface area contributed by atoms with Crippen LogP contribution in [-0.4, -0.2) is 59.3 Å². The van der Waals surface area contributed by atoms with Crippen molar-refractivity contribution in [3.05, 3.63) is 72.9 Å². The van der Waals surface area contributed by atoms with Crippen LogP contribution in [0.3, 0.4) is 0 Å². The van der Waals surface area contributed by atoms with E-state index in [0.717, 1.165) is 116 Å². The van der Waals surface area contributed by atoms with Crippen LogP contribution in [0, 0.1) is 0 Å². The third kappa shape index (κ3) is 39.1. The smallest absolute Gasteiger partial charge is 0.328 e. The number of unbranched alkanes of at least 4 members (excludes halogenated alkanes) is 14. The van der Waals surface area contributed by atoms with Crippen molar-refractivity contribution in [1.29, 1.82) is 0 Å². The first kappa shape index (κ1) is 54.3. The summed E-state index contributed by atoms with van der Waals surface area (Å²) in [5.74, 6) is -2.33. The second kappa shape index (κ2) is 42.9. The van der Waals surface area contributed by atoms with Crippen LogP contribution in [0.5, 0.6) is 0 Å². The predicted molar refractivity (Wildman–Crippen MR) is 240 cm³/mol. The number of amides is 2. The van der Waals surface area contributed by atoms with Gasteiger partial charge in [-0.2, -0.15) is 0 Å². The summed E-state index contributed by atoms with van der Waals surface area (Å²) in [4.78, 5) is 47.5. The minimum Gasteiger partial charge on any atom is -0.480 e. The summed E-state index contributed by atoms with van der Waals surface area (Å²) in [7, 11) is 0. The molecule has 0 spiro atoms. The number of aliphatic hydroxyl groups is 1. The third-order valence-electron chi connectivity index (χ3n) is 9.72. The molecular weight excluding hydrogens is 729 g/mol. The van der Waals surface area contributed by atoms with E-state index in [-0.39, 0.29) is 30.9 Å². The highest BCUT2D eigenvalue weighted by Gasteiger charge is 2.19. The summed E-state index contributed by atoms with van der Waals surface area (Å²) in [6.45, 7) is 3.34. The van der Waals surface area contributed by atoms with Crippen LogP contribution in [0.25, 0.3) is 0 Å². The molecule has 2 atom stereocenters. The number of aliphatic hydroxyl groups excluding tert-OH is 1. The molecule has 0 saturated heterocycles. The van der Waals surface area contributed by atoms with E-state index in [1.807, 2.05) is 0 Å². The van der Waals surface area contributed by atoms with Crippen molar-refractivity contribution >= 4 is 23.8 Å². The van der Waals surface area contributed by atoms with E-state index in [2.05, 4.69) is 97.4 Å². The number of carbonyl (C=O) groups excluding carboxylic acids is 3. The van der Waals surface area contributed by atoms with Gasteiger partial charge in [0.1, 0.15) is 12.1 Å². The van der Waals surface area contributed by atoms with Crippen molar-refractivity contribution < 1.29 is 34.1 Å². The molecule has 0 fully saturated rings. The van der Waals surface area contributed by atoms with Gasteiger partial charge in [0.2, 0.25) is 11.8 Å². The molecule has 0 heterocycles. The van der Waals surface area contributed by atoms with Crippen LogP contribution in [0.4, 0.5) is 0 Å². The Balaban J connectivity index is 4.18. The average Bonchev–Trinajstić information content (AvgIpc) is 3.21. The SMILES string of the molecule is CC/C=C\C/C=C\C/C=C\C/C=C\C/C=C\C/C=C\CCCCCCC(=O)OC(CCCCCCCCC)CCCCCCCC(=O)NCC(=O)NC(CO)C(=O)O. The Labute approximate surface area is 353 Å². The number of hydrogen-bond acceptors (Lipinski definition) is 6. The number of carbonyl (C=O) groups is 4. The number of aliphatic carboxylic acids is 1. The molecule has 0 saturated carbocycles. The number of ether oxygens (including phenoxy) is 1. The first-order chi connectivity index (χ1) is 28.3. The molecule has 0 rings (SSSR count). The van der Waals surface area contributed by atoms with Gasteiger partial charge in [0.15, 0.2) is 0 Å². The van der Waals surface area contributed by atoms with Crippen LogP contribution in [0.15, 0.2) is 72.9 Å². The Hall–Kier alpha value is -3.72. The maximum atomic E-state index is 12.8. The normalized spacial score (nSPS) is 13.2. The molecule has 330 valence electrons. The molecule has 0 aromatic heterocycles. The Morgan fingerprint density at radius 2 is 0.983 bits per heavy atom. The van der Waals surface area contributed by atoms with Gasteiger partial charge in [-0.3, -0.25) is 14.4 Å². The third-order valence-corrected chi connectivity index (χ3v) is 9.72. The molecule has 0 radical (unpaired) electrons. The highest BCUT2D eigenvalue weighted by atomic mass is 16.5. The number of esters is 1. The predicted octanol–water partition coefficient (Wildman–Crippen LogP) is 11.5. The highest BCUT2D eigenvalue weighted by Crippen LogP contribution is 2.18. The number of allylic oxidation sites excluding steroid dienone is 12. The monoisotopic (exact) mass is 811 g/mol. The van der Waals surface area contributed by atoms with Gasteiger partial charge in [0.25, 0.3) is 0 Å². The van der Waals surface area contributed by atoms with Crippen LogP contribution < -0.4 is 10.6 Å². The molecule has 4 N–H and O–H groups in total. The molecule has 9 nitrogen and oxygen atoms in total. The second-order valence-corrected chi connectivity index (χ2v) is 15.1. The van der Waals surface area contributed by atoms with E-state index in [1.165, 1.54) is 38.5 Å². The fraction of sp³-hybridized carbons (Fsp3) is 0.673. The van der Waals surface area contributed by atoms with Crippen molar-refractivity contribution in [2.45, 2.75) is 199 Å². The quantitative estimate of drug-likeness (QED) is 0.0274. The maximum Gasteiger partial charge on any atom is 0.328 e. The molecule has 58 heavy (non-hydrogen) atoms. The Morgan fingerprint density at radius 3 is 1.48 bits per heavy atom. The molecular formula is C49H82N2O7. The van der Waals surface area contributed by atoms with Gasteiger partial charge >= 0.3 is 11.9 Å². The lowest BCUT2D eigenvalue weighted by molar-refractivity contribution is -0.150. The zero-order chi connectivity index (χ0) is 42.6. The number of nitrogens with one attached hydrogen (secondary N) is 2. The summed E-state index contributed by atoms with van der Waals surface area (Å²) in [5, 5.41) is 22.5. The fourth-order valence-corrected chi connectivity index (χ4v) is 6.25. The second-order valence-electron chi connectivity index (χ2n) is 15.1. The Morgan fingerprint density at radius 1 is 0.534 bits per heavy atom. The van der Waals surface area contributed by atoms with Crippen molar-refractivity contribution in [2.24, 2.45) is 0 Å². The van der Waals surface area contributed by atoms with E-state index < -0.39 is 24.5 Å². The zero-order valence-corrected chi connectivity index (χ0v) is 36.5. The lowest BCUT2D eigenvalue weighted by Crippen LogP contribution is -2.47. The molecule has 0 aliphatic heterocycles. The maximum absolute atomic E-state index is 12.8. The number of carboxylic acid groups (broad SMARTS) is 1. The van der Waals surface area contributed by atoms with E-state index in [0.29, 0.717) is 12.8 Å². The van der Waals surface area contributed by atoms with Gasteiger partial charge in [0.05, 0.1) is 13.2 Å². The number of hydrogen-bond donors (Lipinski definition) is 4. The summed E-state index contributed by atoms with van der Waals surface area (Å²) in [6.07, 6.45) is 53.7. The number of carboxylic acids is 1.